The summed E-state index contributed by atoms with van der Waals surface area (Å²) in [5.74, 6) is -0.345. The molecule has 0 aliphatic heterocycles. The second kappa shape index (κ2) is 6.43. The zero-order valence-electron chi connectivity index (χ0n) is 12.7. The molecule has 1 aromatic carbocycles. The predicted octanol–water partition coefficient (Wildman–Crippen LogP) is 2.12. The average molecular weight is 302 g/mol. The van der Waals surface area contributed by atoms with Crippen molar-refractivity contribution < 1.29 is 19.1 Å². The highest BCUT2D eigenvalue weighted by Crippen LogP contribution is 2.22. The number of hydrogen-bond acceptors (Lipinski definition) is 4. The van der Waals surface area contributed by atoms with Crippen LogP contribution < -0.4 is 0 Å². The number of amides is 1. The van der Waals surface area contributed by atoms with Crippen molar-refractivity contribution in [3.05, 3.63) is 41.8 Å². The van der Waals surface area contributed by atoms with E-state index in [1.54, 1.807) is 6.92 Å². The SMILES string of the molecule is Cc1oc(-c2ccccc2)nc1CC(=O)N(C)C(C)C(=O)O. The lowest BCUT2D eigenvalue weighted by atomic mass is 10.2. The van der Waals surface area contributed by atoms with Crippen molar-refractivity contribution in [1.29, 1.82) is 0 Å². The van der Waals surface area contributed by atoms with Gasteiger partial charge in [0, 0.05) is 12.6 Å². The quantitative estimate of drug-likeness (QED) is 0.914. The molecule has 0 saturated carbocycles. The number of carbonyl (C=O) groups excluding carboxylic acids is 1. The Labute approximate surface area is 128 Å². The maximum Gasteiger partial charge on any atom is 0.326 e. The van der Waals surface area contributed by atoms with E-state index in [1.807, 2.05) is 30.3 Å². The Bertz CT molecular complexity index is 679. The number of aromatic nitrogens is 1. The summed E-state index contributed by atoms with van der Waals surface area (Å²) >= 11 is 0. The van der Waals surface area contributed by atoms with Gasteiger partial charge in [-0.1, -0.05) is 18.2 Å². The molecule has 1 unspecified atom stereocenters. The fourth-order valence-electron chi connectivity index (χ4n) is 1.95. The minimum Gasteiger partial charge on any atom is -0.480 e. The summed E-state index contributed by atoms with van der Waals surface area (Å²) < 4.78 is 5.59. The molecule has 1 heterocycles. The first kappa shape index (κ1) is 15.8. The monoisotopic (exact) mass is 302 g/mol. The van der Waals surface area contributed by atoms with Crippen molar-refractivity contribution in [2.75, 3.05) is 7.05 Å². The van der Waals surface area contributed by atoms with Crippen molar-refractivity contribution >= 4 is 11.9 Å². The summed E-state index contributed by atoms with van der Waals surface area (Å²) in [7, 11) is 1.47. The van der Waals surface area contributed by atoms with Crippen LogP contribution in [0, 0.1) is 6.92 Å². The van der Waals surface area contributed by atoms with Crippen molar-refractivity contribution in [1.82, 2.24) is 9.88 Å². The maximum absolute atomic E-state index is 12.1. The van der Waals surface area contributed by atoms with E-state index in [1.165, 1.54) is 18.9 Å². The molecule has 6 nitrogen and oxygen atoms in total. The lowest BCUT2D eigenvalue weighted by Crippen LogP contribution is -2.41. The van der Waals surface area contributed by atoms with Crippen LogP contribution in [0.2, 0.25) is 0 Å². The first-order valence-electron chi connectivity index (χ1n) is 6.90. The van der Waals surface area contributed by atoms with Crippen molar-refractivity contribution in [2.45, 2.75) is 26.3 Å². The number of nitrogens with zero attached hydrogens (tertiary/aromatic N) is 2. The van der Waals surface area contributed by atoms with Crippen LogP contribution in [0.5, 0.6) is 0 Å². The number of likely N-dealkylation sites (N-methyl/N-ethyl adjacent to an activating group) is 1. The molecular formula is C16H18N2O4. The van der Waals surface area contributed by atoms with Crippen LogP contribution in [0.15, 0.2) is 34.7 Å². The minimum atomic E-state index is -1.04. The van der Waals surface area contributed by atoms with Crippen molar-refractivity contribution in [3.63, 3.8) is 0 Å². The fraction of sp³-hybridized carbons (Fsp3) is 0.312. The average Bonchev–Trinajstić information content (AvgIpc) is 2.87. The van der Waals surface area contributed by atoms with Gasteiger partial charge in [0.15, 0.2) is 0 Å². The van der Waals surface area contributed by atoms with Gasteiger partial charge in [-0.05, 0) is 26.0 Å². The molecule has 22 heavy (non-hydrogen) atoms. The normalized spacial score (nSPS) is 12.0. The van der Waals surface area contributed by atoms with Crippen LogP contribution in [0.3, 0.4) is 0 Å². The molecule has 0 spiro atoms. The zero-order valence-corrected chi connectivity index (χ0v) is 12.7. The first-order chi connectivity index (χ1) is 10.4. The van der Waals surface area contributed by atoms with E-state index in [0.717, 1.165) is 5.56 Å². The summed E-state index contributed by atoms with van der Waals surface area (Å²) in [4.78, 5) is 28.6. The number of carbonyl (C=O) groups is 2. The number of hydrogen-bond donors (Lipinski definition) is 1. The van der Waals surface area contributed by atoms with Gasteiger partial charge in [0.05, 0.1) is 12.1 Å². The topological polar surface area (TPSA) is 83.6 Å². The third kappa shape index (κ3) is 3.33. The minimum absolute atomic E-state index is 0.0102. The number of aryl methyl sites for hydroxylation is 1. The first-order valence-corrected chi connectivity index (χ1v) is 6.90. The number of carboxylic acid groups (broad SMARTS) is 1. The number of rotatable bonds is 5. The van der Waals surface area contributed by atoms with E-state index in [-0.39, 0.29) is 12.3 Å². The van der Waals surface area contributed by atoms with E-state index in [4.69, 9.17) is 9.52 Å². The lowest BCUT2D eigenvalue weighted by molar-refractivity contribution is -0.148. The Balaban J connectivity index is 2.16. The van der Waals surface area contributed by atoms with Gasteiger partial charge in [0.2, 0.25) is 11.8 Å². The van der Waals surface area contributed by atoms with Gasteiger partial charge in [0.25, 0.3) is 0 Å². The summed E-state index contributed by atoms with van der Waals surface area (Å²) in [5, 5.41) is 8.95. The maximum atomic E-state index is 12.1. The molecule has 116 valence electrons. The molecule has 0 aliphatic carbocycles. The molecule has 0 aliphatic rings. The molecule has 0 fully saturated rings. The van der Waals surface area contributed by atoms with Gasteiger partial charge in [-0.3, -0.25) is 4.79 Å². The van der Waals surface area contributed by atoms with E-state index >= 15 is 0 Å². The number of benzene rings is 1. The molecule has 2 rings (SSSR count). The molecule has 1 atom stereocenters. The molecule has 1 aromatic heterocycles. The van der Waals surface area contributed by atoms with Crippen LogP contribution >= 0.6 is 0 Å². The summed E-state index contributed by atoms with van der Waals surface area (Å²) in [6, 6.07) is 8.51. The summed E-state index contributed by atoms with van der Waals surface area (Å²) in [6.45, 7) is 3.20. The molecule has 1 N–H and O–H groups in total. The molecule has 1 amide bonds. The standard InChI is InChI=1S/C16H18N2O4/c1-10(16(20)21)18(3)14(19)9-13-11(2)22-15(17-13)12-7-5-4-6-8-12/h4-8,10H,9H2,1-3H3,(H,20,21). The lowest BCUT2D eigenvalue weighted by Gasteiger charge is -2.20. The Morgan fingerprint density at radius 2 is 1.95 bits per heavy atom. The van der Waals surface area contributed by atoms with Crippen LogP contribution in [-0.2, 0) is 16.0 Å². The van der Waals surface area contributed by atoms with E-state index in [9.17, 15) is 9.59 Å². The molecule has 6 heteroatoms. The molecular weight excluding hydrogens is 284 g/mol. The Kier molecular flexibility index (Phi) is 4.60. The van der Waals surface area contributed by atoms with Gasteiger partial charge < -0.3 is 14.4 Å². The molecule has 0 radical (unpaired) electrons. The number of carboxylic acids is 1. The van der Waals surface area contributed by atoms with E-state index in [2.05, 4.69) is 4.98 Å². The van der Waals surface area contributed by atoms with Crippen molar-refractivity contribution in [2.24, 2.45) is 0 Å². The molecule has 2 aromatic rings. The Morgan fingerprint density at radius 1 is 1.32 bits per heavy atom. The summed E-state index contributed by atoms with van der Waals surface area (Å²) in [5.41, 5.74) is 1.35. The fourth-order valence-corrected chi connectivity index (χ4v) is 1.95. The van der Waals surface area contributed by atoms with Crippen molar-refractivity contribution in [3.8, 4) is 11.5 Å². The predicted molar refractivity (Wildman–Crippen MR) is 80.2 cm³/mol. The van der Waals surface area contributed by atoms with E-state index in [0.29, 0.717) is 17.3 Å². The second-order valence-corrected chi connectivity index (χ2v) is 5.08. The zero-order chi connectivity index (χ0) is 16.3. The van der Waals surface area contributed by atoms with Gasteiger partial charge in [-0.15, -0.1) is 0 Å². The highest BCUT2D eigenvalue weighted by molar-refractivity contribution is 5.84. The van der Waals surface area contributed by atoms with Crippen LogP contribution in [0.25, 0.3) is 11.5 Å². The highest BCUT2D eigenvalue weighted by Gasteiger charge is 2.23. The Morgan fingerprint density at radius 3 is 2.55 bits per heavy atom. The van der Waals surface area contributed by atoms with Gasteiger partial charge in [-0.2, -0.15) is 0 Å². The van der Waals surface area contributed by atoms with Crippen LogP contribution in [0.1, 0.15) is 18.4 Å². The largest absolute Gasteiger partial charge is 0.480 e. The highest BCUT2D eigenvalue weighted by atomic mass is 16.4. The third-order valence-corrected chi connectivity index (χ3v) is 3.56. The summed E-state index contributed by atoms with van der Waals surface area (Å²) in [6.07, 6.45) is 0.0102. The number of oxazole rings is 1. The molecule has 0 bridgehead atoms. The smallest absolute Gasteiger partial charge is 0.326 e. The molecule has 0 saturated heterocycles. The van der Waals surface area contributed by atoms with E-state index < -0.39 is 12.0 Å². The van der Waals surface area contributed by atoms with Gasteiger partial charge >= 0.3 is 5.97 Å². The number of aliphatic carboxylic acids is 1. The van der Waals surface area contributed by atoms with Crippen LogP contribution in [0.4, 0.5) is 0 Å². The Hall–Kier alpha value is -2.63. The van der Waals surface area contributed by atoms with Crippen LogP contribution in [-0.4, -0.2) is 40.0 Å². The van der Waals surface area contributed by atoms with Gasteiger partial charge in [-0.25, -0.2) is 9.78 Å². The van der Waals surface area contributed by atoms with Gasteiger partial charge in [0.1, 0.15) is 11.8 Å². The second-order valence-electron chi connectivity index (χ2n) is 5.08. The third-order valence-electron chi connectivity index (χ3n) is 3.56.